The molecule has 112 valence electrons. The lowest BCUT2D eigenvalue weighted by molar-refractivity contribution is 0.291. The zero-order valence-corrected chi connectivity index (χ0v) is 13.4. The zero-order chi connectivity index (χ0) is 14.7. The number of aromatic nitrogens is 3. The molecule has 21 heavy (non-hydrogen) atoms. The van der Waals surface area contributed by atoms with E-state index in [9.17, 15) is 0 Å². The molecule has 2 aromatic rings. The Morgan fingerprint density at radius 2 is 2.24 bits per heavy atom. The summed E-state index contributed by atoms with van der Waals surface area (Å²) >= 11 is 7.75. The number of halogens is 1. The molecule has 5 nitrogen and oxygen atoms in total. The third-order valence-corrected chi connectivity index (χ3v) is 4.19. The fraction of sp³-hybridized carbons (Fsp3) is 0.500. The summed E-state index contributed by atoms with van der Waals surface area (Å²) in [4.78, 5) is 16.2. The largest absolute Gasteiger partial charge is 0.463 e. The van der Waals surface area contributed by atoms with Crippen LogP contribution in [0.1, 0.15) is 31.1 Å². The summed E-state index contributed by atoms with van der Waals surface area (Å²) in [6.07, 6.45) is 3.24. The van der Waals surface area contributed by atoms with E-state index in [1.165, 1.54) is 17.7 Å². The second-order valence-electron chi connectivity index (χ2n) is 4.97. The summed E-state index contributed by atoms with van der Waals surface area (Å²) in [6.45, 7) is 3.42. The molecule has 0 aromatic carbocycles. The van der Waals surface area contributed by atoms with Crippen molar-refractivity contribution in [2.45, 2.75) is 38.8 Å². The van der Waals surface area contributed by atoms with E-state index >= 15 is 0 Å². The van der Waals surface area contributed by atoms with Crippen LogP contribution in [0.25, 0.3) is 0 Å². The van der Waals surface area contributed by atoms with Crippen LogP contribution in [0.3, 0.4) is 0 Å². The number of ether oxygens (including phenoxy) is 1. The van der Waals surface area contributed by atoms with E-state index in [0.717, 1.165) is 13.0 Å². The third kappa shape index (κ3) is 3.83. The van der Waals surface area contributed by atoms with Gasteiger partial charge in [-0.3, -0.25) is 0 Å². The van der Waals surface area contributed by atoms with Gasteiger partial charge in [-0.1, -0.05) is 13.0 Å². The second kappa shape index (κ2) is 6.58. The standard InChI is InChI=1S/C14H17ClN4OS/c1-2-7-20-14-17-12(15)16-13(18-14)19(10-5-6-10)9-11-4-3-8-21-11/h3-4,8,10H,2,5-7,9H2,1H3. The van der Waals surface area contributed by atoms with Gasteiger partial charge in [0.15, 0.2) is 0 Å². The lowest BCUT2D eigenvalue weighted by atomic mass is 10.4. The summed E-state index contributed by atoms with van der Waals surface area (Å²) in [7, 11) is 0. The maximum atomic E-state index is 6.01. The van der Waals surface area contributed by atoms with Gasteiger partial charge in [-0.25, -0.2) is 0 Å². The number of thiophene rings is 1. The first-order valence-corrected chi connectivity index (χ1v) is 8.35. The minimum atomic E-state index is 0.183. The number of hydrogen-bond donors (Lipinski definition) is 0. The van der Waals surface area contributed by atoms with Crippen molar-refractivity contribution in [1.82, 2.24) is 15.0 Å². The molecule has 7 heteroatoms. The van der Waals surface area contributed by atoms with Crippen LogP contribution in [0.5, 0.6) is 6.01 Å². The summed E-state index contributed by atoms with van der Waals surface area (Å²) in [5.41, 5.74) is 0. The number of rotatable bonds is 7. The molecular weight excluding hydrogens is 308 g/mol. The Morgan fingerprint density at radius 1 is 1.38 bits per heavy atom. The van der Waals surface area contributed by atoms with E-state index < -0.39 is 0 Å². The number of hydrogen-bond acceptors (Lipinski definition) is 6. The zero-order valence-electron chi connectivity index (χ0n) is 11.8. The van der Waals surface area contributed by atoms with Crippen LogP contribution >= 0.6 is 22.9 Å². The van der Waals surface area contributed by atoms with Gasteiger partial charge in [-0.05, 0) is 42.3 Å². The van der Waals surface area contributed by atoms with E-state index in [4.69, 9.17) is 16.3 Å². The van der Waals surface area contributed by atoms with Gasteiger partial charge in [0.25, 0.3) is 0 Å². The Kier molecular flexibility index (Phi) is 4.55. The summed E-state index contributed by atoms with van der Waals surface area (Å²) < 4.78 is 5.49. The molecule has 0 saturated heterocycles. The Hall–Kier alpha value is -1.40. The van der Waals surface area contributed by atoms with Crippen molar-refractivity contribution in [2.24, 2.45) is 0 Å². The fourth-order valence-corrected chi connectivity index (χ4v) is 2.88. The first-order chi connectivity index (χ1) is 10.3. The Labute approximate surface area is 133 Å². The maximum absolute atomic E-state index is 6.01. The second-order valence-corrected chi connectivity index (χ2v) is 6.34. The quantitative estimate of drug-likeness (QED) is 0.779. The smallest absolute Gasteiger partial charge is 0.322 e. The first kappa shape index (κ1) is 14.5. The van der Waals surface area contributed by atoms with Gasteiger partial charge in [0.1, 0.15) is 0 Å². The molecule has 0 aliphatic heterocycles. The van der Waals surface area contributed by atoms with Gasteiger partial charge in [0.05, 0.1) is 13.2 Å². The molecule has 2 heterocycles. The molecule has 0 atom stereocenters. The van der Waals surface area contributed by atoms with E-state index in [-0.39, 0.29) is 5.28 Å². The van der Waals surface area contributed by atoms with E-state index in [0.29, 0.717) is 24.6 Å². The molecule has 2 aromatic heterocycles. The topological polar surface area (TPSA) is 51.1 Å². The first-order valence-electron chi connectivity index (χ1n) is 7.09. The average Bonchev–Trinajstić information content (AvgIpc) is 3.18. The minimum Gasteiger partial charge on any atom is -0.463 e. The monoisotopic (exact) mass is 324 g/mol. The van der Waals surface area contributed by atoms with Crippen LogP contribution < -0.4 is 9.64 Å². The van der Waals surface area contributed by atoms with E-state index in [1.54, 1.807) is 11.3 Å². The van der Waals surface area contributed by atoms with Crippen molar-refractivity contribution in [3.05, 3.63) is 27.7 Å². The molecule has 1 fully saturated rings. The molecule has 1 aliphatic rings. The molecule has 0 radical (unpaired) electrons. The predicted octanol–water partition coefficient (Wildman–Crippen LogP) is 3.54. The molecule has 0 spiro atoms. The molecular formula is C14H17ClN4OS. The molecule has 0 bridgehead atoms. The number of nitrogens with zero attached hydrogens (tertiary/aromatic N) is 4. The predicted molar refractivity (Wildman–Crippen MR) is 84.1 cm³/mol. The van der Waals surface area contributed by atoms with Gasteiger partial charge in [0.2, 0.25) is 11.2 Å². The van der Waals surface area contributed by atoms with Gasteiger partial charge in [-0.15, -0.1) is 11.3 Å². The van der Waals surface area contributed by atoms with Crippen molar-refractivity contribution in [3.63, 3.8) is 0 Å². The highest BCUT2D eigenvalue weighted by atomic mass is 35.5. The average molecular weight is 325 g/mol. The normalized spacial score (nSPS) is 14.2. The highest BCUT2D eigenvalue weighted by Crippen LogP contribution is 2.32. The van der Waals surface area contributed by atoms with Crippen LogP contribution in [0.2, 0.25) is 5.28 Å². The highest BCUT2D eigenvalue weighted by molar-refractivity contribution is 7.09. The minimum absolute atomic E-state index is 0.183. The van der Waals surface area contributed by atoms with Crippen LogP contribution in [0.15, 0.2) is 17.5 Å². The molecule has 3 rings (SSSR count). The molecule has 0 amide bonds. The van der Waals surface area contributed by atoms with Gasteiger partial charge >= 0.3 is 6.01 Å². The van der Waals surface area contributed by atoms with E-state index in [1.807, 2.05) is 6.92 Å². The lowest BCUT2D eigenvalue weighted by Crippen LogP contribution is -2.27. The van der Waals surface area contributed by atoms with Crippen LogP contribution in [0.4, 0.5) is 5.95 Å². The summed E-state index contributed by atoms with van der Waals surface area (Å²) in [5, 5.41) is 2.26. The maximum Gasteiger partial charge on any atom is 0.322 e. The van der Waals surface area contributed by atoms with Crippen LogP contribution in [-0.4, -0.2) is 27.6 Å². The molecule has 1 aliphatic carbocycles. The summed E-state index contributed by atoms with van der Waals surface area (Å²) in [5.74, 6) is 0.608. The SMILES string of the molecule is CCCOc1nc(Cl)nc(N(Cc2cccs2)C2CC2)n1. The molecule has 1 saturated carbocycles. The summed E-state index contributed by atoms with van der Waals surface area (Å²) in [6, 6.07) is 4.98. The molecule has 0 N–H and O–H groups in total. The van der Waals surface area contributed by atoms with Gasteiger partial charge in [-0.2, -0.15) is 15.0 Å². The van der Waals surface area contributed by atoms with Crippen molar-refractivity contribution < 1.29 is 4.74 Å². The highest BCUT2D eigenvalue weighted by Gasteiger charge is 2.31. The van der Waals surface area contributed by atoms with Crippen LogP contribution in [-0.2, 0) is 6.54 Å². The van der Waals surface area contributed by atoms with Crippen molar-refractivity contribution in [2.75, 3.05) is 11.5 Å². The lowest BCUT2D eigenvalue weighted by Gasteiger charge is -2.21. The fourth-order valence-electron chi connectivity index (χ4n) is 2.03. The Bertz CT molecular complexity index is 589. The van der Waals surface area contributed by atoms with Crippen molar-refractivity contribution >= 4 is 28.9 Å². The Balaban J connectivity index is 1.82. The Morgan fingerprint density at radius 3 is 2.90 bits per heavy atom. The van der Waals surface area contributed by atoms with Crippen molar-refractivity contribution in [1.29, 1.82) is 0 Å². The molecule has 0 unspecified atom stereocenters. The van der Waals surface area contributed by atoms with Crippen molar-refractivity contribution in [3.8, 4) is 6.01 Å². The van der Waals surface area contributed by atoms with Gasteiger partial charge in [0, 0.05) is 10.9 Å². The number of anilines is 1. The third-order valence-electron chi connectivity index (χ3n) is 3.16. The van der Waals surface area contributed by atoms with Gasteiger partial charge < -0.3 is 9.64 Å². The van der Waals surface area contributed by atoms with E-state index in [2.05, 4.69) is 37.4 Å². The van der Waals surface area contributed by atoms with Crippen LogP contribution in [0, 0.1) is 0 Å².